The van der Waals surface area contributed by atoms with Gasteiger partial charge in [-0.3, -0.25) is 9.98 Å². The summed E-state index contributed by atoms with van der Waals surface area (Å²) in [7, 11) is 0. The third kappa shape index (κ3) is 1.65. The first kappa shape index (κ1) is 8.13. The number of nitrogens with zero attached hydrogens (tertiary/aromatic N) is 2. The lowest BCUT2D eigenvalue weighted by molar-refractivity contribution is 0.845. The van der Waals surface area contributed by atoms with Gasteiger partial charge in [0, 0.05) is 30.0 Å². The molecule has 1 atom stereocenters. The molecule has 2 rings (SSSR count). The van der Waals surface area contributed by atoms with Gasteiger partial charge in [-0.25, -0.2) is 0 Å². The zero-order chi connectivity index (χ0) is 9.31. The Balaban J connectivity index is 2.77. The number of aliphatic imine (C=N–C) groups is 1. The molecule has 3 heteroatoms. The third-order valence-electron chi connectivity index (χ3n) is 1.92. The Morgan fingerprint density at radius 1 is 1.38 bits per heavy atom. The molecule has 0 aromatic carbocycles. The van der Waals surface area contributed by atoms with Crippen LogP contribution in [0.2, 0.25) is 0 Å². The number of pyridine rings is 1. The van der Waals surface area contributed by atoms with Crippen molar-refractivity contribution in [3.63, 3.8) is 0 Å². The van der Waals surface area contributed by atoms with E-state index in [4.69, 9.17) is 5.73 Å². The Morgan fingerprint density at radius 2 is 2.23 bits per heavy atom. The van der Waals surface area contributed by atoms with E-state index in [2.05, 4.69) is 9.98 Å². The van der Waals surface area contributed by atoms with Gasteiger partial charge in [-0.1, -0.05) is 6.08 Å². The summed E-state index contributed by atoms with van der Waals surface area (Å²) in [6, 6.07) is 1.92. The van der Waals surface area contributed by atoms with Crippen molar-refractivity contribution >= 4 is 18.5 Å². The van der Waals surface area contributed by atoms with Crippen LogP contribution < -0.4 is 16.2 Å². The lowest BCUT2D eigenvalue weighted by Crippen LogP contribution is -2.38. The zero-order valence-corrected chi connectivity index (χ0v) is 7.44. The van der Waals surface area contributed by atoms with Crippen LogP contribution in [0.5, 0.6) is 0 Å². The quantitative estimate of drug-likeness (QED) is 0.569. The van der Waals surface area contributed by atoms with E-state index < -0.39 is 5.54 Å². The molecule has 2 N–H and O–H groups in total. The van der Waals surface area contributed by atoms with Crippen molar-refractivity contribution in [2.24, 2.45) is 10.7 Å². The molecule has 0 amide bonds. The Morgan fingerprint density at radius 3 is 3.08 bits per heavy atom. The van der Waals surface area contributed by atoms with Crippen molar-refractivity contribution in [1.82, 2.24) is 4.98 Å². The van der Waals surface area contributed by atoms with Crippen molar-refractivity contribution < 1.29 is 0 Å². The van der Waals surface area contributed by atoms with E-state index >= 15 is 0 Å². The molecule has 1 unspecified atom stereocenters. The minimum absolute atomic E-state index is 0.481. The lowest BCUT2D eigenvalue weighted by atomic mass is 10.0. The first-order valence-electron chi connectivity index (χ1n) is 4.14. The van der Waals surface area contributed by atoms with Crippen LogP contribution in [0.3, 0.4) is 0 Å². The fraction of sp³-hybridized carbons (Fsp3) is 0.200. The molecule has 1 aromatic rings. The second kappa shape index (κ2) is 2.78. The molecule has 3 nitrogen and oxygen atoms in total. The number of rotatable bonds is 0. The maximum atomic E-state index is 5.94. The normalized spacial score (nSPS) is 25.4. The average molecular weight is 173 g/mol. The summed E-state index contributed by atoms with van der Waals surface area (Å²) in [5.74, 6) is 0. The highest BCUT2D eigenvalue weighted by Crippen LogP contribution is 1.97. The number of hydrogen-bond acceptors (Lipinski definition) is 3. The maximum absolute atomic E-state index is 5.94. The fourth-order valence-corrected chi connectivity index (χ4v) is 1.31. The van der Waals surface area contributed by atoms with Crippen molar-refractivity contribution in [2.45, 2.75) is 12.5 Å². The number of aromatic nitrogens is 1. The van der Waals surface area contributed by atoms with Gasteiger partial charge in [-0.2, -0.15) is 0 Å². The second-order valence-corrected chi connectivity index (χ2v) is 3.42. The monoisotopic (exact) mass is 173 g/mol. The molecule has 13 heavy (non-hydrogen) atoms. The Labute approximate surface area is 76.3 Å². The first-order chi connectivity index (χ1) is 6.17. The van der Waals surface area contributed by atoms with Gasteiger partial charge in [0.15, 0.2) is 0 Å². The summed E-state index contributed by atoms with van der Waals surface area (Å²) >= 11 is 0. The predicted molar refractivity (Wildman–Crippen MR) is 53.5 cm³/mol. The number of fused-ring (bicyclic) bond motifs is 1. The maximum Gasteiger partial charge on any atom is 0.0679 e. The summed E-state index contributed by atoms with van der Waals surface area (Å²) in [6.07, 6.45) is 9.03. The second-order valence-electron chi connectivity index (χ2n) is 3.42. The molecule has 1 aliphatic rings. The van der Waals surface area contributed by atoms with Crippen LogP contribution >= 0.6 is 0 Å². The van der Waals surface area contributed by atoms with Crippen LogP contribution in [-0.4, -0.2) is 16.7 Å². The van der Waals surface area contributed by atoms with Gasteiger partial charge in [0.25, 0.3) is 0 Å². The highest BCUT2D eigenvalue weighted by molar-refractivity contribution is 5.81. The van der Waals surface area contributed by atoms with Crippen molar-refractivity contribution in [3.05, 3.63) is 28.9 Å². The minimum Gasteiger partial charge on any atom is -0.318 e. The smallest absolute Gasteiger partial charge is 0.0679 e. The Bertz CT molecular complexity index is 457. The van der Waals surface area contributed by atoms with Gasteiger partial charge in [-0.15, -0.1) is 0 Å². The largest absolute Gasteiger partial charge is 0.318 e. The van der Waals surface area contributed by atoms with Crippen LogP contribution in [0, 0.1) is 0 Å². The van der Waals surface area contributed by atoms with Crippen LogP contribution in [0.25, 0.3) is 12.3 Å². The van der Waals surface area contributed by atoms with Gasteiger partial charge in [0.05, 0.1) is 5.54 Å². The molecule has 0 bridgehead atoms. The molecule has 0 saturated heterocycles. The van der Waals surface area contributed by atoms with Crippen molar-refractivity contribution in [3.8, 4) is 0 Å². The highest BCUT2D eigenvalue weighted by atomic mass is 14.8. The third-order valence-corrected chi connectivity index (χ3v) is 1.92. The molecular weight excluding hydrogens is 162 g/mol. The van der Waals surface area contributed by atoms with E-state index in [1.807, 2.05) is 19.1 Å². The van der Waals surface area contributed by atoms with Crippen LogP contribution in [0.15, 0.2) is 23.5 Å². The summed E-state index contributed by atoms with van der Waals surface area (Å²) in [6.45, 7) is 1.91. The van der Waals surface area contributed by atoms with Crippen LogP contribution in [0.4, 0.5) is 0 Å². The molecule has 0 fully saturated rings. The van der Waals surface area contributed by atoms with E-state index in [0.717, 1.165) is 10.4 Å². The average Bonchev–Trinajstić information content (AvgIpc) is 2.21. The standard InChI is InChI=1S/C10H11N3/c1-10(11)4-9-6-12-3-2-8(9)5-13-7-10/h2-7H,11H2,1H3. The lowest BCUT2D eigenvalue weighted by Gasteiger charge is -2.11. The SMILES string of the molecule is CC1(N)C=NC=c2ccncc2=C1. The minimum atomic E-state index is -0.481. The van der Waals surface area contributed by atoms with Gasteiger partial charge in [-0.05, 0) is 18.2 Å². The topological polar surface area (TPSA) is 51.3 Å². The van der Waals surface area contributed by atoms with Crippen LogP contribution in [0.1, 0.15) is 6.92 Å². The van der Waals surface area contributed by atoms with Crippen molar-refractivity contribution in [1.29, 1.82) is 0 Å². The molecular formula is C10H11N3. The van der Waals surface area contributed by atoms with Gasteiger partial charge < -0.3 is 5.73 Å². The Kier molecular flexibility index (Phi) is 1.74. The number of nitrogens with two attached hydrogens (primary N) is 1. The van der Waals surface area contributed by atoms with E-state index in [1.165, 1.54) is 0 Å². The van der Waals surface area contributed by atoms with E-state index in [-0.39, 0.29) is 0 Å². The van der Waals surface area contributed by atoms with E-state index in [0.29, 0.717) is 0 Å². The molecule has 0 aliphatic carbocycles. The van der Waals surface area contributed by atoms with Crippen LogP contribution in [-0.2, 0) is 0 Å². The summed E-state index contributed by atoms with van der Waals surface area (Å²) in [4.78, 5) is 8.17. The first-order valence-corrected chi connectivity index (χ1v) is 4.14. The molecule has 0 radical (unpaired) electrons. The molecule has 1 aromatic heterocycles. The summed E-state index contributed by atoms with van der Waals surface area (Å²) in [5.41, 5.74) is 5.46. The Hall–Kier alpha value is -1.48. The predicted octanol–water partition coefficient (Wildman–Crippen LogP) is -0.598. The fourth-order valence-electron chi connectivity index (χ4n) is 1.31. The van der Waals surface area contributed by atoms with Gasteiger partial charge in [0.1, 0.15) is 0 Å². The van der Waals surface area contributed by atoms with E-state index in [9.17, 15) is 0 Å². The van der Waals surface area contributed by atoms with Gasteiger partial charge in [0.2, 0.25) is 0 Å². The molecule has 66 valence electrons. The molecule has 0 saturated carbocycles. The summed E-state index contributed by atoms with van der Waals surface area (Å²) < 4.78 is 0. The molecule has 2 heterocycles. The highest BCUT2D eigenvalue weighted by Gasteiger charge is 2.11. The molecule has 0 spiro atoms. The van der Waals surface area contributed by atoms with Crippen molar-refractivity contribution in [2.75, 3.05) is 0 Å². The summed E-state index contributed by atoms with van der Waals surface area (Å²) in [5, 5.41) is 2.09. The van der Waals surface area contributed by atoms with Gasteiger partial charge >= 0.3 is 0 Å². The van der Waals surface area contributed by atoms with E-state index in [1.54, 1.807) is 24.8 Å². The number of hydrogen-bond donors (Lipinski definition) is 1. The zero-order valence-electron chi connectivity index (χ0n) is 7.44. The molecule has 1 aliphatic heterocycles.